The molecule has 0 amide bonds. The average molecular weight is 266 g/mol. The molecule has 0 radical (unpaired) electrons. The number of anilines is 3. The number of hydrogen-bond donors (Lipinski definition) is 3. The maximum atomic E-state index is 13.0. The predicted octanol–water partition coefficient (Wildman–Crippen LogP) is 1.90. The molecule has 1 aromatic carbocycles. The molecule has 1 aromatic heterocycles. The van der Waals surface area contributed by atoms with Crippen LogP contribution in [0.4, 0.5) is 26.2 Å². The molecule has 1 heterocycles. The minimum Gasteiger partial charge on any atom is -0.395 e. The highest BCUT2D eigenvalue weighted by atomic mass is 19.2. The number of aliphatic hydroxyl groups excluding tert-OH is 1. The van der Waals surface area contributed by atoms with E-state index in [-0.39, 0.29) is 12.6 Å². The van der Waals surface area contributed by atoms with Gasteiger partial charge in [0.1, 0.15) is 5.82 Å². The van der Waals surface area contributed by atoms with Gasteiger partial charge >= 0.3 is 0 Å². The standard InChI is InChI=1S/C12H12F2N4O/c13-9-2-1-8(7-10(9)14)17-12-16-4-3-11(18-12)15-5-6-19/h1-4,7,19H,5-6H2,(H2,15,16,17,18). The fourth-order valence-electron chi connectivity index (χ4n) is 1.40. The van der Waals surface area contributed by atoms with Crippen LogP contribution in [0.25, 0.3) is 0 Å². The molecule has 7 heteroatoms. The van der Waals surface area contributed by atoms with E-state index in [4.69, 9.17) is 5.11 Å². The number of benzene rings is 1. The molecule has 3 N–H and O–H groups in total. The van der Waals surface area contributed by atoms with Gasteiger partial charge in [-0.2, -0.15) is 4.98 Å². The van der Waals surface area contributed by atoms with E-state index in [0.29, 0.717) is 18.1 Å². The molecule has 5 nitrogen and oxygen atoms in total. The SMILES string of the molecule is OCCNc1ccnc(Nc2ccc(F)c(F)c2)n1. The minimum atomic E-state index is -0.945. The molecule has 100 valence electrons. The van der Waals surface area contributed by atoms with E-state index < -0.39 is 11.6 Å². The summed E-state index contributed by atoms with van der Waals surface area (Å²) in [5.74, 6) is -1.09. The fraction of sp³-hybridized carbons (Fsp3) is 0.167. The van der Waals surface area contributed by atoms with Gasteiger partial charge in [0.25, 0.3) is 0 Å². The maximum absolute atomic E-state index is 13.0. The number of hydrogen-bond acceptors (Lipinski definition) is 5. The van der Waals surface area contributed by atoms with Crippen LogP contribution in [0.5, 0.6) is 0 Å². The average Bonchev–Trinajstić information content (AvgIpc) is 2.41. The molecule has 2 aromatic rings. The summed E-state index contributed by atoms with van der Waals surface area (Å²) in [6, 6.07) is 5.06. The molecule has 0 bridgehead atoms. The Labute approximate surface area is 108 Å². The van der Waals surface area contributed by atoms with Crippen molar-refractivity contribution in [1.82, 2.24) is 9.97 Å². The van der Waals surface area contributed by atoms with Crippen molar-refractivity contribution in [3.05, 3.63) is 42.1 Å². The van der Waals surface area contributed by atoms with Crippen molar-refractivity contribution in [3.63, 3.8) is 0 Å². The Morgan fingerprint density at radius 1 is 1.16 bits per heavy atom. The zero-order valence-electron chi connectivity index (χ0n) is 9.90. The van der Waals surface area contributed by atoms with Crippen molar-refractivity contribution in [2.45, 2.75) is 0 Å². The third-order valence-electron chi connectivity index (χ3n) is 2.25. The summed E-state index contributed by atoms with van der Waals surface area (Å²) in [6.07, 6.45) is 1.51. The van der Waals surface area contributed by atoms with Crippen LogP contribution in [-0.4, -0.2) is 28.2 Å². The van der Waals surface area contributed by atoms with Gasteiger partial charge in [-0.3, -0.25) is 0 Å². The van der Waals surface area contributed by atoms with Crippen LogP contribution >= 0.6 is 0 Å². The molecule has 0 spiro atoms. The van der Waals surface area contributed by atoms with E-state index in [0.717, 1.165) is 12.1 Å². The summed E-state index contributed by atoms with van der Waals surface area (Å²) in [4.78, 5) is 8.05. The van der Waals surface area contributed by atoms with E-state index in [1.54, 1.807) is 6.07 Å². The monoisotopic (exact) mass is 266 g/mol. The first-order chi connectivity index (χ1) is 9.19. The Kier molecular flexibility index (Phi) is 4.19. The van der Waals surface area contributed by atoms with Crippen LogP contribution < -0.4 is 10.6 Å². The Bertz CT molecular complexity index is 565. The number of nitrogens with one attached hydrogen (secondary N) is 2. The quantitative estimate of drug-likeness (QED) is 0.771. The second-order valence-electron chi connectivity index (χ2n) is 3.67. The van der Waals surface area contributed by atoms with Gasteiger partial charge in [-0.05, 0) is 18.2 Å². The number of rotatable bonds is 5. The Balaban J connectivity index is 2.11. The third-order valence-corrected chi connectivity index (χ3v) is 2.25. The summed E-state index contributed by atoms with van der Waals surface area (Å²) >= 11 is 0. The Morgan fingerprint density at radius 2 is 2.00 bits per heavy atom. The largest absolute Gasteiger partial charge is 0.395 e. The predicted molar refractivity (Wildman–Crippen MR) is 67.2 cm³/mol. The van der Waals surface area contributed by atoms with Gasteiger partial charge in [-0.25, -0.2) is 13.8 Å². The molecule has 0 aliphatic rings. The zero-order valence-corrected chi connectivity index (χ0v) is 9.90. The molecule has 0 fully saturated rings. The minimum absolute atomic E-state index is 0.0179. The Morgan fingerprint density at radius 3 is 2.74 bits per heavy atom. The third kappa shape index (κ3) is 3.59. The molecule has 0 saturated heterocycles. The van der Waals surface area contributed by atoms with Gasteiger partial charge in [0, 0.05) is 24.5 Å². The fourth-order valence-corrected chi connectivity index (χ4v) is 1.40. The summed E-state index contributed by atoms with van der Waals surface area (Å²) in [5, 5.41) is 14.3. The van der Waals surface area contributed by atoms with E-state index in [9.17, 15) is 8.78 Å². The van der Waals surface area contributed by atoms with Crippen LogP contribution in [0.2, 0.25) is 0 Å². The lowest BCUT2D eigenvalue weighted by atomic mass is 10.3. The number of nitrogens with zero attached hydrogens (tertiary/aromatic N) is 2. The number of aliphatic hydroxyl groups is 1. The van der Waals surface area contributed by atoms with Crippen molar-refractivity contribution in [1.29, 1.82) is 0 Å². The van der Waals surface area contributed by atoms with Gasteiger partial charge < -0.3 is 15.7 Å². The maximum Gasteiger partial charge on any atom is 0.229 e. The molecular formula is C12H12F2N4O. The van der Waals surface area contributed by atoms with E-state index in [1.165, 1.54) is 12.3 Å². The number of aromatic nitrogens is 2. The zero-order chi connectivity index (χ0) is 13.7. The highest BCUT2D eigenvalue weighted by Gasteiger charge is 2.04. The van der Waals surface area contributed by atoms with Gasteiger partial charge in [0.05, 0.1) is 6.61 Å². The first kappa shape index (κ1) is 13.2. The van der Waals surface area contributed by atoms with Crippen LogP contribution in [0.1, 0.15) is 0 Å². The molecule has 0 atom stereocenters. The van der Waals surface area contributed by atoms with Crippen molar-refractivity contribution in [2.24, 2.45) is 0 Å². The molecule has 0 aliphatic carbocycles. The van der Waals surface area contributed by atoms with E-state index in [2.05, 4.69) is 20.6 Å². The molecule has 0 aliphatic heterocycles. The lowest BCUT2D eigenvalue weighted by Gasteiger charge is -2.07. The smallest absolute Gasteiger partial charge is 0.229 e. The summed E-state index contributed by atoms with van der Waals surface area (Å²) in [5.41, 5.74) is 0.346. The first-order valence-electron chi connectivity index (χ1n) is 5.59. The lowest BCUT2D eigenvalue weighted by Crippen LogP contribution is -2.08. The molecule has 19 heavy (non-hydrogen) atoms. The topological polar surface area (TPSA) is 70.1 Å². The second-order valence-corrected chi connectivity index (χ2v) is 3.67. The van der Waals surface area contributed by atoms with Crippen molar-refractivity contribution in [2.75, 3.05) is 23.8 Å². The Hall–Kier alpha value is -2.28. The van der Waals surface area contributed by atoms with Crippen LogP contribution in [0, 0.1) is 11.6 Å². The summed E-state index contributed by atoms with van der Waals surface area (Å²) < 4.78 is 25.8. The van der Waals surface area contributed by atoms with Gasteiger partial charge in [0.15, 0.2) is 11.6 Å². The van der Waals surface area contributed by atoms with E-state index >= 15 is 0 Å². The number of halogens is 2. The van der Waals surface area contributed by atoms with Crippen molar-refractivity contribution in [3.8, 4) is 0 Å². The molecule has 0 saturated carbocycles. The van der Waals surface area contributed by atoms with Crippen LogP contribution in [0.3, 0.4) is 0 Å². The van der Waals surface area contributed by atoms with Gasteiger partial charge in [-0.1, -0.05) is 0 Å². The molecule has 0 unspecified atom stereocenters. The van der Waals surface area contributed by atoms with Gasteiger partial charge in [0.2, 0.25) is 5.95 Å². The van der Waals surface area contributed by atoms with Crippen LogP contribution in [-0.2, 0) is 0 Å². The van der Waals surface area contributed by atoms with Crippen molar-refractivity contribution >= 4 is 17.5 Å². The normalized spacial score (nSPS) is 10.3. The van der Waals surface area contributed by atoms with Crippen molar-refractivity contribution < 1.29 is 13.9 Å². The first-order valence-corrected chi connectivity index (χ1v) is 5.59. The molecular weight excluding hydrogens is 254 g/mol. The summed E-state index contributed by atoms with van der Waals surface area (Å²) in [6.45, 7) is 0.345. The van der Waals surface area contributed by atoms with Gasteiger partial charge in [-0.15, -0.1) is 0 Å². The summed E-state index contributed by atoms with van der Waals surface area (Å²) in [7, 11) is 0. The van der Waals surface area contributed by atoms with Crippen LogP contribution in [0.15, 0.2) is 30.5 Å². The molecule has 2 rings (SSSR count). The highest BCUT2D eigenvalue weighted by molar-refractivity contribution is 5.54. The second kappa shape index (κ2) is 6.05. The highest BCUT2D eigenvalue weighted by Crippen LogP contribution is 2.17. The lowest BCUT2D eigenvalue weighted by molar-refractivity contribution is 0.311. The van der Waals surface area contributed by atoms with E-state index in [1.807, 2.05) is 0 Å².